The van der Waals surface area contributed by atoms with Crippen LogP contribution in [0, 0.1) is 0 Å². The Hall–Kier alpha value is -4.03. The van der Waals surface area contributed by atoms with E-state index in [2.05, 4.69) is 45.1 Å². The summed E-state index contributed by atoms with van der Waals surface area (Å²) in [5, 5.41) is 0. The lowest BCUT2D eigenvalue weighted by atomic mass is 10.00. The summed E-state index contributed by atoms with van der Waals surface area (Å²) in [5.74, 6) is -0.432. The van der Waals surface area contributed by atoms with Crippen molar-refractivity contribution in [1.82, 2.24) is 4.90 Å². The molecule has 0 atom stereocenters. The maximum Gasteiger partial charge on any atom is 0.261 e. The molecule has 2 aliphatic rings. The van der Waals surface area contributed by atoms with Crippen molar-refractivity contribution < 1.29 is 9.59 Å². The molecule has 0 N–H and O–H groups in total. The first-order valence-corrected chi connectivity index (χ1v) is 12.7. The quantitative estimate of drug-likeness (QED) is 0.265. The van der Waals surface area contributed by atoms with E-state index >= 15 is 0 Å². The van der Waals surface area contributed by atoms with E-state index in [1.807, 2.05) is 48.5 Å². The fourth-order valence-corrected chi connectivity index (χ4v) is 5.41. The van der Waals surface area contributed by atoms with Crippen molar-refractivity contribution >= 4 is 50.5 Å². The monoisotopic (exact) mass is 535 g/mol. The standard InChI is InChI=1S/C30H22BrN3O2/c31-24-14-5-3-12-22(24)28-23-13-4-7-16-26(23)33(27-17-8-6-15-25(27)32-28)18-9-19-34-29(35)20-10-1-2-11-21(20)30(34)36/h1-8,10-17H,9,18-19H2. The molecule has 6 rings (SSSR count). The summed E-state index contributed by atoms with van der Waals surface area (Å²) in [6, 6.07) is 31.5. The van der Waals surface area contributed by atoms with Gasteiger partial charge in [0.2, 0.25) is 0 Å². The molecule has 0 radical (unpaired) electrons. The third-order valence-corrected chi connectivity index (χ3v) is 7.32. The number of halogens is 1. The third-order valence-electron chi connectivity index (χ3n) is 6.63. The summed E-state index contributed by atoms with van der Waals surface area (Å²) >= 11 is 3.70. The minimum Gasteiger partial charge on any atom is -0.339 e. The largest absolute Gasteiger partial charge is 0.339 e. The molecule has 0 saturated heterocycles. The summed E-state index contributed by atoms with van der Waals surface area (Å²) in [7, 11) is 0. The van der Waals surface area contributed by atoms with E-state index in [0.29, 0.717) is 30.6 Å². The lowest BCUT2D eigenvalue weighted by Crippen LogP contribution is -2.33. The van der Waals surface area contributed by atoms with Crippen molar-refractivity contribution in [2.24, 2.45) is 4.99 Å². The van der Waals surface area contributed by atoms with E-state index in [9.17, 15) is 9.59 Å². The number of anilines is 2. The Morgan fingerprint density at radius 1 is 0.583 bits per heavy atom. The van der Waals surface area contributed by atoms with Gasteiger partial charge >= 0.3 is 0 Å². The average Bonchev–Trinajstić information content (AvgIpc) is 3.07. The minimum atomic E-state index is -0.216. The number of fused-ring (bicyclic) bond motifs is 3. The highest BCUT2D eigenvalue weighted by Crippen LogP contribution is 2.41. The number of hydrogen-bond donors (Lipinski definition) is 0. The van der Waals surface area contributed by atoms with Gasteiger partial charge in [-0.05, 0) is 42.8 Å². The topological polar surface area (TPSA) is 53.0 Å². The molecule has 0 unspecified atom stereocenters. The summed E-state index contributed by atoms with van der Waals surface area (Å²) < 4.78 is 0.982. The summed E-state index contributed by atoms with van der Waals surface area (Å²) in [6.45, 7) is 0.977. The molecule has 36 heavy (non-hydrogen) atoms. The Labute approximate surface area is 217 Å². The second kappa shape index (κ2) is 9.21. The van der Waals surface area contributed by atoms with Gasteiger partial charge in [-0.25, -0.2) is 4.99 Å². The first kappa shape index (κ1) is 22.4. The molecule has 5 nitrogen and oxygen atoms in total. The number of aliphatic imine (C=N–C) groups is 1. The van der Waals surface area contributed by atoms with E-state index in [1.54, 1.807) is 24.3 Å². The molecule has 6 heteroatoms. The molecule has 0 aromatic heterocycles. The number of rotatable bonds is 5. The first-order chi connectivity index (χ1) is 17.6. The number of benzene rings is 4. The van der Waals surface area contributed by atoms with Crippen molar-refractivity contribution in [3.05, 3.63) is 124 Å². The number of hydrogen-bond acceptors (Lipinski definition) is 4. The van der Waals surface area contributed by atoms with Gasteiger partial charge in [-0.1, -0.05) is 76.6 Å². The Morgan fingerprint density at radius 3 is 1.81 bits per heavy atom. The van der Waals surface area contributed by atoms with Crippen LogP contribution in [0.25, 0.3) is 0 Å². The number of imide groups is 1. The summed E-state index contributed by atoms with van der Waals surface area (Å²) in [6.07, 6.45) is 0.624. The zero-order valence-electron chi connectivity index (χ0n) is 19.4. The van der Waals surface area contributed by atoms with Gasteiger partial charge in [-0.2, -0.15) is 0 Å². The molecule has 2 heterocycles. The molecular formula is C30H22BrN3O2. The fraction of sp³-hybridized carbons (Fsp3) is 0.100. The summed E-state index contributed by atoms with van der Waals surface area (Å²) in [5.41, 5.74) is 6.83. The van der Waals surface area contributed by atoms with Gasteiger partial charge in [-0.3, -0.25) is 14.5 Å². The van der Waals surface area contributed by atoms with Gasteiger partial charge in [0.25, 0.3) is 11.8 Å². The van der Waals surface area contributed by atoms with Crippen molar-refractivity contribution in [3.63, 3.8) is 0 Å². The predicted octanol–water partition coefficient (Wildman–Crippen LogP) is 6.76. The van der Waals surface area contributed by atoms with E-state index < -0.39 is 0 Å². The zero-order chi connectivity index (χ0) is 24.6. The minimum absolute atomic E-state index is 0.216. The molecule has 0 bridgehead atoms. The molecule has 0 saturated carbocycles. The molecule has 4 aromatic carbocycles. The van der Waals surface area contributed by atoms with Crippen molar-refractivity contribution in [2.45, 2.75) is 6.42 Å². The highest BCUT2D eigenvalue weighted by atomic mass is 79.9. The molecule has 176 valence electrons. The molecule has 2 aliphatic heterocycles. The maximum atomic E-state index is 12.8. The SMILES string of the molecule is O=C1c2ccccc2C(=O)N1CCCN1c2ccccc2N=C(c2ccccc2Br)c2ccccc21. The molecule has 0 fully saturated rings. The van der Waals surface area contributed by atoms with E-state index in [4.69, 9.17) is 4.99 Å². The fourth-order valence-electron chi connectivity index (χ4n) is 4.94. The van der Waals surface area contributed by atoms with Gasteiger partial charge in [0.05, 0.1) is 33.9 Å². The Bertz CT molecular complexity index is 1510. The molecule has 4 aromatic rings. The van der Waals surface area contributed by atoms with Crippen LogP contribution in [0.3, 0.4) is 0 Å². The first-order valence-electron chi connectivity index (χ1n) is 11.9. The predicted molar refractivity (Wildman–Crippen MR) is 146 cm³/mol. The van der Waals surface area contributed by atoms with E-state index in [1.165, 1.54) is 4.90 Å². The number of carbonyl (C=O) groups is 2. The Kier molecular flexibility index (Phi) is 5.74. The van der Waals surface area contributed by atoms with Gasteiger partial charge in [0.1, 0.15) is 0 Å². The van der Waals surface area contributed by atoms with Gasteiger partial charge in [0, 0.05) is 28.7 Å². The Balaban J connectivity index is 1.34. The molecular weight excluding hydrogens is 514 g/mol. The second-order valence-corrected chi connectivity index (χ2v) is 9.61. The van der Waals surface area contributed by atoms with Crippen molar-refractivity contribution in [3.8, 4) is 0 Å². The number of carbonyl (C=O) groups excluding carboxylic acids is 2. The number of amides is 2. The lowest BCUT2D eigenvalue weighted by molar-refractivity contribution is 0.0653. The Morgan fingerprint density at radius 2 is 1.11 bits per heavy atom. The normalized spacial score (nSPS) is 14.2. The lowest BCUT2D eigenvalue weighted by Gasteiger charge is -2.27. The highest BCUT2D eigenvalue weighted by Gasteiger charge is 2.35. The van der Waals surface area contributed by atoms with Crippen LogP contribution in [-0.2, 0) is 0 Å². The van der Waals surface area contributed by atoms with Crippen LogP contribution in [0.2, 0.25) is 0 Å². The second-order valence-electron chi connectivity index (χ2n) is 8.76. The molecule has 2 amide bonds. The molecule has 0 aliphatic carbocycles. The van der Waals surface area contributed by atoms with Crippen LogP contribution in [0.1, 0.15) is 38.3 Å². The number of para-hydroxylation sites is 3. The van der Waals surface area contributed by atoms with Crippen LogP contribution in [0.15, 0.2) is 107 Å². The van der Waals surface area contributed by atoms with Crippen LogP contribution >= 0.6 is 15.9 Å². The highest BCUT2D eigenvalue weighted by molar-refractivity contribution is 9.10. The zero-order valence-corrected chi connectivity index (χ0v) is 21.0. The number of nitrogens with zero attached hydrogens (tertiary/aromatic N) is 3. The van der Waals surface area contributed by atoms with Crippen LogP contribution in [0.5, 0.6) is 0 Å². The van der Waals surface area contributed by atoms with E-state index in [-0.39, 0.29) is 11.8 Å². The summed E-state index contributed by atoms with van der Waals surface area (Å²) in [4.78, 5) is 34.4. The smallest absolute Gasteiger partial charge is 0.261 e. The van der Waals surface area contributed by atoms with Crippen molar-refractivity contribution in [1.29, 1.82) is 0 Å². The third kappa shape index (κ3) is 3.74. The van der Waals surface area contributed by atoms with Crippen LogP contribution in [-0.4, -0.2) is 35.5 Å². The van der Waals surface area contributed by atoms with Crippen LogP contribution in [0.4, 0.5) is 17.1 Å². The molecule has 0 spiro atoms. The van der Waals surface area contributed by atoms with Crippen molar-refractivity contribution in [2.75, 3.05) is 18.0 Å². The average molecular weight is 536 g/mol. The van der Waals surface area contributed by atoms with Crippen LogP contribution < -0.4 is 4.90 Å². The van der Waals surface area contributed by atoms with E-state index in [0.717, 1.165) is 38.4 Å². The maximum absolute atomic E-state index is 12.8. The van der Waals surface area contributed by atoms with Gasteiger partial charge < -0.3 is 4.90 Å². The van der Waals surface area contributed by atoms with Gasteiger partial charge in [0.15, 0.2) is 0 Å². The van der Waals surface area contributed by atoms with Gasteiger partial charge in [-0.15, -0.1) is 0 Å².